The van der Waals surface area contributed by atoms with Gasteiger partial charge >= 0.3 is 0 Å². The Morgan fingerprint density at radius 1 is 1.38 bits per heavy atom. The Labute approximate surface area is 135 Å². The monoisotopic (exact) mass is 322 g/mol. The van der Waals surface area contributed by atoms with Gasteiger partial charge in [-0.15, -0.1) is 0 Å². The maximum absolute atomic E-state index is 6.15. The second kappa shape index (κ2) is 8.00. The van der Waals surface area contributed by atoms with Crippen molar-refractivity contribution in [3.8, 4) is 0 Å². The lowest BCUT2D eigenvalue weighted by atomic mass is 10.2. The number of hydrogen-bond acceptors (Lipinski definition) is 2. The minimum absolute atomic E-state index is 0.626. The summed E-state index contributed by atoms with van der Waals surface area (Å²) in [7, 11) is 0. The van der Waals surface area contributed by atoms with Gasteiger partial charge in [0, 0.05) is 17.8 Å². The largest absolute Gasteiger partial charge is 0.362 e. The van der Waals surface area contributed by atoms with Gasteiger partial charge in [-0.25, -0.2) is 0 Å². The molecule has 0 bridgehead atoms. The van der Waals surface area contributed by atoms with Crippen LogP contribution in [0.3, 0.4) is 0 Å². The van der Waals surface area contributed by atoms with E-state index in [1.807, 2.05) is 35.1 Å². The normalized spacial score (nSPS) is 10.4. The summed E-state index contributed by atoms with van der Waals surface area (Å²) in [5, 5.41) is 12.0. The zero-order valence-corrected chi connectivity index (χ0v) is 13.5. The molecule has 2 rings (SSSR count). The summed E-state index contributed by atoms with van der Waals surface area (Å²) in [4.78, 5) is 0. The summed E-state index contributed by atoms with van der Waals surface area (Å²) in [6.07, 6.45) is 5.92. The van der Waals surface area contributed by atoms with E-state index in [4.69, 9.17) is 23.8 Å². The highest BCUT2D eigenvalue weighted by molar-refractivity contribution is 7.80. The van der Waals surface area contributed by atoms with E-state index in [2.05, 4.69) is 22.7 Å². The SMILES string of the molecule is CCCCNC(=S)Nc1cnn(Cc2ccccc2Cl)c1. The zero-order valence-electron chi connectivity index (χ0n) is 12.0. The third kappa shape index (κ3) is 5.02. The highest BCUT2D eigenvalue weighted by atomic mass is 35.5. The molecule has 0 aliphatic heterocycles. The van der Waals surface area contributed by atoms with Crippen LogP contribution in [-0.4, -0.2) is 21.4 Å². The first-order chi connectivity index (χ1) is 10.2. The second-order valence-electron chi connectivity index (χ2n) is 4.75. The maximum Gasteiger partial charge on any atom is 0.170 e. The number of unbranched alkanes of at least 4 members (excludes halogenated alkanes) is 1. The zero-order chi connectivity index (χ0) is 15.1. The molecule has 0 radical (unpaired) electrons. The lowest BCUT2D eigenvalue weighted by Gasteiger charge is -2.07. The Balaban J connectivity index is 1.89. The summed E-state index contributed by atoms with van der Waals surface area (Å²) < 4.78 is 1.83. The van der Waals surface area contributed by atoms with E-state index in [-0.39, 0.29) is 0 Å². The Hall–Kier alpha value is -1.59. The molecule has 21 heavy (non-hydrogen) atoms. The molecule has 0 atom stereocenters. The summed E-state index contributed by atoms with van der Waals surface area (Å²) in [5.74, 6) is 0. The minimum atomic E-state index is 0.626. The topological polar surface area (TPSA) is 41.9 Å². The molecule has 2 aromatic rings. The molecule has 1 heterocycles. The summed E-state index contributed by atoms with van der Waals surface area (Å²) in [6.45, 7) is 3.67. The van der Waals surface area contributed by atoms with Crippen molar-refractivity contribution in [2.24, 2.45) is 0 Å². The predicted octanol–water partition coefficient (Wildman–Crippen LogP) is 3.67. The molecular formula is C15H19ClN4S. The Bertz CT molecular complexity index is 597. The van der Waals surface area contributed by atoms with E-state index in [1.54, 1.807) is 6.20 Å². The molecule has 4 nitrogen and oxygen atoms in total. The summed E-state index contributed by atoms with van der Waals surface area (Å²) in [6, 6.07) is 7.76. The van der Waals surface area contributed by atoms with Crippen molar-refractivity contribution < 1.29 is 0 Å². The summed E-state index contributed by atoms with van der Waals surface area (Å²) in [5.41, 5.74) is 1.91. The lowest BCUT2D eigenvalue weighted by molar-refractivity contribution is 0.687. The number of nitrogens with zero attached hydrogens (tertiary/aromatic N) is 2. The fraction of sp³-hybridized carbons (Fsp3) is 0.333. The number of aromatic nitrogens is 2. The molecule has 6 heteroatoms. The van der Waals surface area contributed by atoms with Gasteiger partial charge in [0.05, 0.1) is 18.4 Å². The van der Waals surface area contributed by atoms with Gasteiger partial charge in [0.15, 0.2) is 5.11 Å². The van der Waals surface area contributed by atoms with Crippen LogP contribution in [-0.2, 0) is 6.54 Å². The molecule has 1 aromatic heterocycles. The lowest BCUT2D eigenvalue weighted by Crippen LogP contribution is -2.28. The van der Waals surface area contributed by atoms with Crippen LogP contribution >= 0.6 is 23.8 Å². The van der Waals surface area contributed by atoms with Gasteiger partial charge < -0.3 is 10.6 Å². The molecule has 0 unspecified atom stereocenters. The maximum atomic E-state index is 6.15. The number of thiocarbonyl (C=S) groups is 1. The van der Waals surface area contributed by atoms with Gasteiger partial charge in [0.1, 0.15) is 0 Å². The van der Waals surface area contributed by atoms with Crippen molar-refractivity contribution in [3.05, 3.63) is 47.2 Å². The van der Waals surface area contributed by atoms with Crippen LogP contribution in [0.5, 0.6) is 0 Å². The number of rotatable bonds is 6. The molecule has 2 N–H and O–H groups in total. The molecule has 0 fully saturated rings. The van der Waals surface area contributed by atoms with Crippen LogP contribution in [0.4, 0.5) is 5.69 Å². The molecule has 0 saturated carbocycles. The average molecular weight is 323 g/mol. The van der Waals surface area contributed by atoms with Crippen molar-refractivity contribution in [2.75, 3.05) is 11.9 Å². The van der Waals surface area contributed by atoms with Crippen molar-refractivity contribution in [1.82, 2.24) is 15.1 Å². The quantitative estimate of drug-likeness (QED) is 0.629. The Kier molecular flexibility index (Phi) is 6.02. The van der Waals surface area contributed by atoms with Gasteiger partial charge in [-0.2, -0.15) is 5.10 Å². The number of benzene rings is 1. The Morgan fingerprint density at radius 3 is 2.95 bits per heavy atom. The number of hydrogen-bond donors (Lipinski definition) is 2. The van der Waals surface area contributed by atoms with E-state index < -0.39 is 0 Å². The van der Waals surface area contributed by atoms with E-state index in [0.29, 0.717) is 11.7 Å². The highest BCUT2D eigenvalue weighted by Gasteiger charge is 2.04. The molecule has 1 aromatic carbocycles. The van der Waals surface area contributed by atoms with Crippen molar-refractivity contribution in [3.63, 3.8) is 0 Å². The van der Waals surface area contributed by atoms with Gasteiger partial charge in [-0.05, 0) is 30.3 Å². The second-order valence-corrected chi connectivity index (χ2v) is 5.57. The van der Waals surface area contributed by atoms with Crippen LogP contribution in [0.25, 0.3) is 0 Å². The fourth-order valence-corrected chi connectivity index (χ4v) is 2.29. The molecule has 0 saturated heterocycles. The first-order valence-electron chi connectivity index (χ1n) is 6.99. The molecule has 0 aliphatic carbocycles. The number of halogens is 1. The first kappa shape index (κ1) is 15.8. The average Bonchev–Trinajstić information content (AvgIpc) is 2.89. The molecule has 0 amide bonds. The van der Waals surface area contributed by atoms with Crippen molar-refractivity contribution in [1.29, 1.82) is 0 Å². The van der Waals surface area contributed by atoms with E-state index >= 15 is 0 Å². The van der Waals surface area contributed by atoms with Gasteiger partial charge in [0.2, 0.25) is 0 Å². The van der Waals surface area contributed by atoms with Crippen molar-refractivity contribution >= 4 is 34.6 Å². The first-order valence-corrected chi connectivity index (χ1v) is 7.78. The highest BCUT2D eigenvalue weighted by Crippen LogP contribution is 2.16. The van der Waals surface area contributed by atoms with E-state index in [1.165, 1.54) is 0 Å². The number of nitrogens with one attached hydrogen (secondary N) is 2. The van der Waals surface area contributed by atoms with Crippen LogP contribution < -0.4 is 10.6 Å². The van der Waals surface area contributed by atoms with E-state index in [0.717, 1.165) is 35.7 Å². The van der Waals surface area contributed by atoms with Crippen LogP contribution in [0.2, 0.25) is 5.02 Å². The van der Waals surface area contributed by atoms with Gasteiger partial charge in [-0.1, -0.05) is 43.1 Å². The summed E-state index contributed by atoms with van der Waals surface area (Å²) >= 11 is 11.4. The number of anilines is 1. The molecule has 0 spiro atoms. The van der Waals surface area contributed by atoms with Crippen LogP contribution in [0.1, 0.15) is 25.3 Å². The molecular weight excluding hydrogens is 304 g/mol. The minimum Gasteiger partial charge on any atom is -0.362 e. The van der Waals surface area contributed by atoms with Crippen LogP contribution in [0, 0.1) is 0 Å². The van der Waals surface area contributed by atoms with Crippen LogP contribution in [0.15, 0.2) is 36.7 Å². The molecule has 0 aliphatic rings. The van der Waals surface area contributed by atoms with Crippen molar-refractivity contribution in [2.45, 2.75) is 26.3 Å². The van der Waals surface area contributed by atoms with Gasteiger partial charge in [0.25, 0.3) is 0 Å². The fourth-order valence-electron chi connectivity index (χ4n) is 1.87. The Morgan fingerprint density at radius 2 is 2.19 bits per heavy atom. The smallest absolute Gasteiger partial charge is 0.170 e. The standard InChI is InChI=1S/C15H19ClN4S/c1-2-3-8-17-15(21)19-13-9-18-20(11-13)10-12-6-4-5-7-14(12)16/h4-7,9,11H,2-3,8,10H2,1H3,(H2,17,19,21). The van der Waals surface area contributed by atoms with Gasteiger partial charge in [-0.3, -0.25) is 4.68 Å². The van der Waals surface area contributed by atoms with E-state index in [9.17, 15) is 0 Å². The molecule has 112 valence electrons. The third-order valence-corrected chi connectivity index (χ3v) is 3.61. The predicted molar refractivity (Wildman–Crippen MR) is 91.9 cm³/mol. The third-order valence-electron chi connectivity index (χ3n) is 3.00.